The first-order valence-corrected chi connectivity index (χ1v) is 7.43. The lowest BCUT2D eigenvalue weighted by Crippen LogP contribution is -2.38. The zero-order valence-corrected chi connectivity index (χ0v) is 11.2. The van der Waals surface area contributed by atoms with Gasteiger partial charge in [-0.05, 0) is 30.9 Å². The summed E-state index contributed by atoms with van der Waals surface area (Å²) in [6.45, 7) is 0.175. The van der Waals surface area contributed by atoms with Crippen molar-refractivity contribution in [3.8, 4) is 5.75 Å². The number of phenols is 1. The Morgan fingerprint density at radius 2 is 2.05 bits per heavy atom. The van der Waals surface area contributed by atoms with E-state index in [1.165, 1.54) is 0 Å². The van der Waals surface area contributed by atoms with Gasteiger partial charge in [0.1, 0.15) is 0 Å². The molecule has 9 heteroatoms. The third-order valence-corrected chi connectivity index (χ3v) is 4.65. The number of aromatic hydroxyl groups is 1. The monoisotopic (exact) mass is 302 g/mol. The number of rotatable bonds is 5. The van der Waals surface area contributed by atoms with Crippen LogP contribution in [0.5, 0.6) is 5.75 Å². The molecule has 1 fully saturated rings. The van der Waals surface area contributed by atoms with Crippen molar-refractivity contribution in [2.24, 2.45) is 5.92 Å². The maximum Gasteiger partial charge on any atom is 0.312 e. The normalized spacial score (nSPS) is 22.2. The molecule has 0 unspecified atom stereocenters. The van der Waals surface area contributed by atoms with Crippen LogP contribution in [0.25, 0.3) is 0 Å². The van der Waals surface area contributed by atoms with Crippen LogP contribution in [-0.2, 0) is 10.0 Å². The quantitative estimate of drug-likeness (QED) is 0.531. The highest BCUT2D eigenvalue weighted by molar-refractivity contribution is 7.89. The summed E-state index contributed by atoms with van der Waals surface area (Å²) < 4.78 is 26.3. The van der Waals surface area contributed by atoms with Crippen molar-refractivity contribution < 1.29 is 23.6 Å². The summed E-state index contributed by atoms with van der Waals surface area (Å²) >= 11 is 0. The highest BCUT2D eigenvalue weighted by Gasteiger charge is 2.29. The smallest absolute Gasteiger partial charge is 0.312 e. The number of phenolic OH excluding ortho intramolecular Hbond substituents is 1. The van der Waals surface area contributed by atoms with E-state index < -0.39 is 26.4 Å². The fourth-order valence-corrected chi connectivity index (χ4v) is 3.13. The van der Waals surface area contributed by atoms with E-state index in [9.17, 15) is 23.6 Å². The summed E-state index contributed by atoms with van der Waals surface area (Å²) in [6, 6.07) is 2.88. The molecule has 0 aliphatic heterocycles. The molecule has 0 bridgehead atoms. The van der Waals surface area contributed by atoms with Gasteiger partial charge in [0.25, 0.3) is 0 Å². The molecule has 20 heavy (non-hydrogen) atoms. The van der Waals surface area contributed by atoms with E-state index in [4.69, 9.17) is 5.11 Å². The molecule has 0 aromatic heterocycles. The van der Waals surface area contributed by atoms with Gasteiger partial charge in [-0.3, -0.25) is 10.1 Å². The number of nitrogens with one attached hydrogen (secondary N) is 1. The van der Waals surface area contributed by atoms with Crippen molar-refractivity contribution in [1.82, 2.24) is 4.72 Å². The molecule has 1 saturated carbocycles. The van der Waals surface area contributed by atoms with E-state index in [1.807, 2.05) is 0 Å². The molecule has 0 radical (unpaired) electrons. The van der Waals surface area contributed by atoms with E-state index in [0.717, 1.165) is 18.2 Å². The fourth-order valence-electron chi connectivity index (χ4n) is 1.99. The van der Waals surface area contributed by atoms with E-state index in [0.29, 0.717) is 12.8 Å². The minimum Gasteiger partial charge on any atom is -0.502 e. The molecule has 110 valence electrons. The fraction of sp³-hybridized carbons (Fsp3) is 0.455. The molecule has 0 amide bonds. The first-order chi connectivity index (χ1) is 9.29. The van der Waals surface area contributed by atoms with Crippen LogP contribution in [0.3, 0.4) is 0 Å². The number of nitro benzene ring substituents is 1. The molecular formula is C11H14N2O6S. The molecule has 3 N–H and O–H groups in total. The van der Waals surface area contributed by atoms with Crippen LogP contribution < -0.4 is 4.72 Å². The maximum absolute atomic E-state index is 12.0. The molecule has 1 aromatic rings. The van der Waals surface area contributed by atoms with Crippen LogP contribution in [-0.4, -0.2) is 36.2 Å². The first kappa shape index (κ1) is 14.7. The second-order valence-corrected chi connectivity index (χ2v) is 6.52. The number of hydrogen-bond donors (Lipinski definition) is 3. The van der Waals surface area contributed by atoms with Crippen LogP contribution in [0.1, 0.15) is 12.8 Å². The zero-order chi connectivity index (χ0) is 14.9. The van der Waals surface area contributed by atoms with Crippen molar-refractivity contribution in [2.75, 3.05) is 6.54 Å². The summed E-state index contributed by atoms with van der Waals surface area (Å²) in [5.74, 6) is -0.511. The van der Waals surface area contributed by atoms with Gasteiger partial charge in [0.15, 0.2) is 5.75 Å². The number of nitro groups is 1. The van der Waals surface area contributed by atoms with Crippen molar-refractivity contribution >= 4 is 15.7 Å². The highest BCUT2D eigenvalue weighted by Crippen LogP contribution is 2.29. The topological polar surface area (TPSA) is 130 Å². The number of sulfonamides is 1. The molecule has 0 heterocycles. The summed E-state index contributed by atoms with van der Waals surface area (Å²) in [7, 11) is -3.87. The lowest BCUT2D eigenvalue weighted by molar-refractivity contribution is -0.386. The van der Waals surface area contributed by atoms with Crippen molar-refractivity contribution in [2.45, 2.75) is 23.8 Å². The largest absolute Gasteiger partial charge is 0.502 e. The Morgan fingerprint density at radius 3 is 2.60 bits per heavy atom. The van der Waals surface area contributed by atoms with Gasteiger partial charge in [0, 0.05) is 12.6 Å². The average Bonchev–Trinajstić information content (AvgIpc) is 2.33. The van der Waals surface area contributed by atoms with Gasteiger partial charge in [-0.2, -0.15) is 0 Å². The second kappa shape index (κ2) is 5.35. The van der Waals surface area contributed by atoms with E-state index in [-0.39, 0.29) is 23.5 Å². The van der Waals surface area contributed by atoms with Crippen LogP contribution in [0.15, 0.2) is 23.1 Å². The van der Waals surface area contributed by atoms with Gasteiger partial charge >= 0.3 is 5.69 Å². The first-order valence-electron chi connectivity index (χ1n) is 5.94. The minimum atomic E-state index is -3.87. The van der Waals surface area contributed by atoms with E-state index in [1.54, 1.807) is 0 Å². The molecular weight excluding hydrogens is 288 g/mol. The van der Waals surface area contributed by atoms with Crippen LogP contribution in [0, 0.1) is 16.0 Å². The van der Waals surface area contributed by atoms with Gasteiger partial charge in [-0.1, -0.05) is 0 Å². The zero-order valence-electron chi connectivity index (χ0n) is 10.4. The number of hydrogen-bond acceptors (Lipinski definition) is 6. The summed E-state index contributed by atoms with van der Waals surface area (Å²) in [4.78, 5) is 9.53. The lowest BCUT2D eigenvalue weighted by Gasteiger charge is -2.31. The number of nitrogens with zero attached hydrogens (tertiary/aromatic N) is 1. The molecule has 2 rings (SSSR count). The Kier molecular flexibility index (Phi) is 3.93. The van der Waals surface area contributed by atoms with Gasteiger partial charge in [0.2, 0.25) is 10.0 Å². The molecule has 0 atom stereocenters. The average molecular weight is 302 g/mol. The Hall–Kier alpha value is -1.71. The van der Waals surface area contributed by atoms with Gasteiger partial charge in [-0.15, -0.1) is 0 Å². The summed E-state index contributed by atoms with van der Waals surface area (Å²) in [5, 5.41) is 29.1. The number of aliphatic hydroxyl groups excluding tert-OH is 1. The van der Waals surface area contributed by atoms with Crippen LogP contribution in [0.4, 0.5) is 5.69 Å². The van der Waals surface area contributed by atoms with Gasteiger partial charge in [0.05, 0.1) is 15.9 Å². The summed E-state index contributed by atoms with van der Waals surface area (Å²) in [5.41, 5.74) is -0.660. The SMILES string of the molecule is O=[N+]([O-])c1cc(S(=O)(=O)NCC2CC(O)C2)ccc1O. The highest BCUT2D eigenvalue weighted by atomic mass is 32.2. The van der Waals surface area contributed by atoms with Crippen molar-refractivity contribution in [3.05, 3.63) is 28.3 Å². The Labute approximate surface area is 115 Å². The van der Waals surface area contributed by atoms with Crippen LogP contribution in [0.2, 0.25) is 0 Å². The van der Waals surface area contributed by atoms with Gasteiger partial charge < -0.3 is 10.2 Å². The molecule has 8 nitrogen and oxygen atoms in total. The molecule has 1 aliphatic carbocycles. The number of benzene rings is 1. The third kappa shape index (κ3) is 3.06. The summed E-state index contributed by atoms with van der Waals surface area (Å²) in [6.07, 6.45) is 0.704. The molecule has 0 spiro atoms. The standard InChI is InChI=1S/C11H14N2O6S/c14-8-3-7(4-8)6-12-20(18,19)9-1-2-11(15)10(5-9)13(16)17/h1-2,5,7-8,12,14-15H,3-4,6H2. The van der Waals surface area contributed by atoms with Crippen LogP contribution >= 0.6 is 0 Å². The molecule has 1 aromatic carbocycles. The second-order valence-electron chi connectivity index (χ2n) is 4.75. The molecule has 1 aliphatic rings. The number of aliphatic hydroxyl groups is 1. The van der Waals surface area contributed by atoms with Gasteiger partial charge in [-0.25, -0.2) is 13.1 Å². The lowest BCUT2D eigenvalue weighted by atomic mass is 9.83. The maximum atomic E-state index is 12.0. The predicted molar refractivity (Wildman–Crippen MR) is 68.7 cm³/mol. The van der Waals surface area contributed by atoms with E-state index in [2.05, 4.69) is 4.72 Å². The Bertz CT molecular complexity index is 624. The van der Waals surface area contributed by atoms with Crippen molar-refractivity contribution in [1.29, 1.82) is 0 Å². The third-order valence-electron chi connectivity index (χ3n) is 3.23. The Morgan fingerprint density at radius 1 is 1.40 bits per heavy atom. The minimum absolute atomic E-state index is 0.0758. The van der Waals surface area contributed by atoms with Crippen molar-refractivity contribution in [3.63, 3.8) is 0 Å². The predicted octanol–water partition coefficient (Wildman–Crippen LogP) is 0.350. The Balaban J connectivity index is 2.12. The van der Waals surface area contributed by atoms with E-state index >= 15 is 0 Å². The molecule has 0 saturated heterocycles.